The summed E-state index contributed by atoms with van der Waals surface area (Å²) in [6.45, 7) is 8.77. The smallest absolute Gasteiger partial charge is 0.136 e. The monoisotopic (exact) mass is 175 g/mol. The van der Waals surface area contributed by atoms with Gasteiger partial charge in [0, 0.05) is 17.8 Å². The number of hydrogen-bond donors (Lipinski definition) is 0. The molecule has 0 radical (unpaired) electrons. The van der Waals surface area contributed by atoms with E-state index in [1.165, 1.54) is 0 Å². The highest BCUT2D eigenvalue weighted by Crippen LogP contribution is 2.34. The largest absolute Gasteiger partial charge is 0.356 e. The van der Waals surface area contributed by atoms with Gasteiger partial charge in [-0.1, -0.05) is 24.0 Å². The third kappa shape index (κ3) is 1.64. The Morgan fingerprint density at radius 3 is 2.50 bits per heavy atom. The van der Waals surface area contributed by atoms with Gasteiger partial charge in [-0.05, 0) is 20.8 Å². The summed E-state index contributed by atoms with van der Waals surface area (Å²) in [4.78, 5) is 2.25. The minimum absolute atomic E-state index is 0.340. The van der Waals surface area contributed by atoms with E-state index in [4.69, 9.17) is 12.2 Å². The van der Waals surface area contributed by atoms with Gasteiger partial charge in [-0.15, -0.1) is 0 Å². The van der Waals surface area contributed by atoms with E-state index in [9.17, 15) is 0 Å². The third-order valence-corrected chi connectivity index (χ3v) is 3.20. The highest BCUT2D eigenvalue weighted by Gasteiger charge is 2.32. The molecule has 0 saturated carbocycles. The number of hydrogen-bond acceptors (Lipinski definition) is 2. The summed E-state index contributed by atoms with van der Waals surface area (Å²) in [5.41, 5.74) is 0. The third-order valence-electron chi connectivity index (χ3n) is 1.58. The highest BCUT2D eigenvalue weighted by atomic mass is 32.2. The SMILES string of the molecule is CCN1CC(C)(C)SC1=S. The van der Waals surface area contributed by atoms with Crippen LogP contribution in [0, 0.1) is 0 Å². The molecule has 3 heteroatoms. The van der Waals surface area contributed by atoms with Crippen molar-refractivity contribution in [3.8, 4) is 0 Å². The van der Waals surface area contributed by atoms with Crippen LogP contribution in [0.15, 0.2) is 0 Å². The van der Waals surface area contributed by atoms with Gasteiger partial charge in [0.1, 0.15) is 4.32 Å². The first-order chi connectivity index (χ1) is 4.55. The van der Waals surface area contributed by atoms with Gasteiger partial charge >= 0.3 is 0 Å². The molecule has 10 heavy (non-hydrogen) atoms. The number of thioether (sulfide) groups is 1. The van der Waals surface area contributed by atoms with E-state index >= 15 is 0 Å². The van der Waals surface area contributed by atoms with Crippen molar-refractivity contribution in [3.63, 3.8) is 0 Å². The first-order valence-corrected chi connectivity index (χ1v) is 4.75. The lowest BCUT2D eigenvalue weighted by Crippen LogP contribution is -2.27. The molecule has 1 aliphatic rings. The maximum Gasteiger partial charge on any atom is 0.136 e. The van der Waals surface area contributed by atoms with Gasteiger partial charge < -0.3 is 4.90 Å². The van der Waals surface area contributed by atoms with Gasteiger partial charge in [0.05, 0.1) is 0 Å². The topological polar surface area (TPSA) is 3.24 Å². The van der Waals surface area contributed by atoms with E-state index < -0.39 is 0 Å². The molecular formula is C7H13NS2. The quantitative estimate of drug-likeness (QED) is 0.562. The molecule has 0 amide bonds. The van der Waals surface area contributed by atoms with Crippen molar-refractivity contribution in [2.24, 2.45) is 0 Å². The van der Waals surface area contributed by atoms with Gasteiger partial charge in [0.15, 0.2) is 0 Å². The summed E-state index contributed by atoms with van der Waals surface area (Å²) < 4.78 is 1.40. The molecule has 0 atom stereocenters. The van der Waals surface area contributed by atoms with Crippen LogP contribution in [0.3, 0.4) is 0 Å². The van der Waals surface area contributed by atoms with Crippen molar-refractivity contribution < 1.29 is 0 Å². The normalized spacial score (nSPS) is 23.9. The van der Waals surface area contributed by atoms with Crippen LogP contribution < -0.4 is 0 Å². The molecule has 58 valence electrons. The Hall–Kier alpha value is 0.240. The lowest BCUT2D eigenvalue weighted by atomic mass is 10.2. The summed E-state index contributed by atoms with van der Waals surface area (Å²) in [7, 11) is 0. The maximum absolute atomic E-state index is 5.18. The van der Waals surface area contributed by atoms with Crippen molar-refractivity contribution in [1.82, 2.24) is 4.90 Å². The van der Waals surface area contributed by atoms with E-state index in [2.05, 4.69) is 25.7 Å². The Bertz CT molecular complexity index is 154. The fourth-order valence-corrected chi connectivity index (χ4v) is 2.98. The van der Waals surface area contributed by atoms with Crippen molar-refractivity contribution in [3.05, 3.63) is 0 Å². The van der Waals surface area contributed by atoms with Crippen molar-refractivity contribution >= 4 is 28.3 Å². The summed E-state index contributed by atoms with van der Waals surface area (Å²) in [6, 6.07) is 0. The minimum atomic E-state index is 0.340. The molecule has 0 unspecified atom stereocenters. The molecule has 1 saturated heterocycles. The van der Waals surface area contributed by atoms with E-state index in [1.54, 1.807) is 0 Å². The van der Waals surface area contributed by atoms with E-state index in [0.717, 1.165) is 17.4 Å². The summed E-state index contributed by atoms with van der Waals surface area (Å²) in [5.74, 6) is 0. The van der Waals surface area contributed by atoms with Crippen LogP contribution >= 0.6 is 24.0 Å². The van der Waals surface area contributed by atoms with Crippen molar-refractivity contribution in [1.29, 1.82) is 0 Å². The van der Waals surface area contributed by atoms with Crippen molar-refractivity contribution in [2.45, 2.75) is 25.5 Å². The van der Waals surface area contributed by atoms with Gasteiger partial charge in [0.25, 0.3) is 0 Å². The summed E-state index contributed by atoms with van der Waals surface area (Å²) in [6.07, 6.45) is 0. The predicted octanol–water partition coefficient (Wildman–Crippen LogP) is 2.12. The molecule has 0 spiro atoms. The van der Waals surface area contributed by atoms with E-state index in [1.807, 2.05) is 11.8 Å². The average Bonchev–Trinajstić information content (AvgIpc) is 2.05. The molecule has 0 aliphatic carbocycles. The highest BCUT2D eigenvalue weighted by molar-refractivity contribution is 8.24. The Balaban J connectivity index is 2.61. The lowest BCUT2D eigenvalue weighted by Gasteiger charge is -2.16. The fourth-order valence-electron chi connectivity index (χ4n) is 1.10. The molecule has 0 aromatic rings. The van der Waals surface area contributed by atoms with Crippen LogP contribution in [-0.4, -0.2) is 27.1 Å². The van der Waals surface area contributed by atoms with Gasteiger partial charge in [-0.2, -0.15) is 0 Å². The summed E-state index contributed by atoms with van der Waals surface area (Å²) >= 11 is 6.99. The Kier molecular flexibility index (Phi) is 2.25. The molecule has 0 N–H and O–H groups in total. The standard InChI is InChI=1S/C7H13NS2/c1-4-8-5-7(2,3)10-6(8)9/h4-5H2,1-3H3. The molecule has 1 aliphatic heterocycles. The fraction of sp³-hybridized carbons (Fsp3) is 0.857. The van der Waals surface area contributed by atoms with E-state index in [-0.39, 0.29) is 0 Å². The average molecular weight is 175 g/mol. The van der Waals surface area contributed by atoms with Crippen LogP contribution in [0.2, 0.25) is 0 Å². The number of nitrogens with zero attached hydrogens (tertiary/aromatic N) is 1. The zero-order valence-corrected chi connectivity index (χ0v) is 8.31. The molecular weight excluding hydrogens is 162 g/mol. The van der Waals surface area contributed by atoms with Crippen LogP contribution in [-0.2, 0) is 0 Å². The van der Waals surface area contributed by atoms with Gasteiger partial charge in [-0.25, -0.2) is 0 Å². The zero-order valence-electron chi connectivity index (χ0n) is 6.68. The Morgan fingerprint density at radius 2 is 2.30 bits per heavy atom. The zero-order chi connectivity index (χ0) is 7.78. The van der Waals surface area contributed by atoms with Gasteiger partial charge in [-0.3, -0.25) is 0 Å². The second-order valence-electron chi connectivity index (χ2n) is 3.14. The predicted molar refractivity (Wildman–Crippen MR) is 51.5 cm³/mol. The lowest BCUT2D eigenvalue weighted by molar-refractivity contribution is 0.430. The molecule has 1 nitrogen and oxygen atoms in total. The Morgan fingerprint density at radius 1 is 1.70 bits per heavy atom. The molecule has 1 fully saturated rings. The molecule has 1 heterocycles. The van der Waals surface area contributed by atoms with E-state index in [0.29, 0.717) is 4.75 Å². The molecule has 1 rings (SSSR count). The van der Waals surface area contributed by atoms with Crippen LogP contribution in [0.4, 0.5) is 0 Å². The van der Waals surface area contributed by atoms with Crippen molar-refractivity contribution in [2.75, 3.05) is 13.1 Å². The molecule has 0 aromatic carbocycles. The number of thiocarbonyl (C=S) groups is 1. The van der Waals surface area contributed by atoms with Gasteiger partial charge in [0.2, 0.25) is 0 Å². The van der Waals surface area contributed by atoms with Crippen LogP contribution in [0.1, 0.15) is 20.8 Å². The summed E-state index contributed by atoms with van der Waals surface area (Å²) in [5, 5.41) is 0. The molecule has 0 bridgehead atoms. The maximum atomic E-state index is 5.18. The van der Waals surface area contributed by atoms with Crippen LogP contribution in [0.25, 0.3) is 0 Å². The second-order valence-corrected chi connectivity index (χ2v) is 5.48. The first kappa shape index (κ1) is 8.34. The number of rotatable bonds is 1. The Labute approximate surface area is 72.2 Å². The van der Waals surface area contributed by atoms with Crippen LogP contribution in [0.5, 0.6) is 0 Å². The second kappa shape index (κ2) is 2.70. The molecule has 0 aromatic heterocycles. The first-order valence-electron chi connectivity index (χ1n) is 3.53. The minimum Gasteiger partial charge on any atom is -0.356 e.